The first kappa shape index (κ1) is 22.6. The Bertz CT molecular complexity index is 1000. The van der Waals surface area contributed by atoms with Gasteiger partial charge in [-0.15, -0.1) is 0 Å². The molecule has 2 N–H and O–H groups in total. The largest absolute Gasteiger partial charge is 0.464 e. The lowest BCUT2D eigenvalue weighted by Crippen LogP contribution is -2.26. The number of rotatable bonds is 10. The van der Waals surface area contributed by atoms with E-state index in [0.717, 1.165) is 29.6 Å². The summed E-state index contributed by atoms with van der Waals surface area (Å²) < 4.78 is 5.78. The average molecular weight is 439 g/mol. The fourth-order valence-electron chi connectivity index (χ4n) is 2.84. The topological polar surface area (TPSA) is 87.5 Å². The van der Waals surface area contributed by atoms with Gasteiger partial charge in [-0.05, 0) is 56.6 Å². The molecule has 8 heteroatoms. The van der Waals surface area contributed by atoms with Gasteiger partial charge in [0, 0.05) is 29.7 Å². The van der Waals surface area contributed by atoms with Crippen molar-refractivity contribution in [2.45, 2.75) is 12.3 Å². The Morgan fingerprint density at radius 3 is 2.65 bits per heavy atom. The van der Waals surface area contributed by atoms with E-state index in [1.807, 2.05) is 26.2 Å². The van der Waals surface area contributed by atoms with Crippen molar-refractivity contribution in [2.24, 2.45) is 0 Å². The van der Waals surface area contributed by atoms with Crippen molar-refractivity contribution < 1.29 is 14.0 Å². The number of thioether (sulfide) groups is 1. The van der Waals surface area contributed by atoms with Gasteiger partial charge in [0.1, 0.15) is 17.2 Å². The van der Waals surface area contributed by atoms with Crippen LogP contribution in [0.1, 0.15) is 32.4 Å². The number of aromatic nitrogens is 1. The van der Waals surface area contributed by atoms with Gasteiger partial charge in [0.05, 0.1) is 12.3 Å². The fourth-order valence-corrected chi connectivity index (χ4v) is 3.59. The minimum absolute atomic E-state index is 0.180. The molecule has 0 fully saturated rings. The molecule has 2 heterocycles. The maximum atomic E-state index is 12.4. The lowest BCUT2D eigenvalue weighted by Gasteiger charge is -2.08. The van der Waals surface area contributed by atoms with Crippen molar-refractivity contribution in [2.75, 3.05) is 31.7 Å². The van der Waals surface area contributed by atoms with Gasteiger partial charge in [-0.25, -0.2) is 0 Å². The van der Waals surface area contributed by atoms with Crippen LogP contribution in [0.25, 0.3) is 0 Å². The smallest absolute Gasteiger partial charge is 0.274 e. The molecule has 0 saturated heterocycles. The molecule has 7 nitrogen and oxygen atoms in total. The molecule has 0 spiro atoms. The molecule has 3 rings (SSSR count). The van der Waals surface area contributed by atoms with Gasteiger partial charge in [-0.1, -0.05) is 12.1 Å². The summed E-state index contributed by atoms with van der Waals surface area (Å²) in [6.45, 7) is 1.32. The Hall–Kier alpha value is -3.10. The summed E-state index contributed by atoms with van der Waals surface area (Å²) in [5.74, 6) is 2.92. The Morgan fingerprint density at radius 1 is 1.03 bits per heavy atom. The minimum Gasteiger partial charge on any atom is -0.464 e. The lowest BCUT2D eigenvalue weighted by molar-refractivity contribution is 0.0954. The van der Waals surface area contributed by atoms with Crippen LogP contribution >= 0.6 is 11.8 Å². The monoisotopic (exact) mass is 438 g/mol. The molecule has 3 aromatic rings. The number of nitrogens with one attached hydrogen (secondary N) is 2. The minimum atomic E-state index is -0.318. The third-order valence-corrected chi connectivity index (χ3v) is 5.23. The van der Waals surface area contributed by atoms with Gasteiger partial charge in [0.15, 0.2) is 0 Å². The zero-order valence-electron chi connectivity index (χ0n) is 17.6. The highest BCUT2D eigenvalue weighted by Gasteiger charge is 2.10. The predicted molar refractivity (Wildman–Crippen MR) is 123 cm³/mol. The van der Waals surface area contributed by atoms with Crippen LogP contribution in [0, 0.1) is 0 Å². The highest BCUT2D eigenvalue weighted by Crippen LogP contribution is 2.16. The normalized spacial score (nSPS) is 10.8. The molecule has 0 atom stereocenters. The zero-order valence-corrected chi connectivity index (χ0v) is 18.4. The summed E-state index contributed by atoms with van der Waals surface area (Å²) in [6, 6.07) is 16.0. The number of hydrogen-bond acceptors (Lipinski definition) is 6. The van der Waals surface area contributed by atoms with E-state index in [1.54, 1.807) is 60.4 Å². The van der Waals surface area contributed by atoms with Gasteiger partial charge in [-0.2, -0.15) is 11.8 Å². The van der Waals surface area contributed by atoms with E-state index in [4.69, 9.17) is 4.42 Å². The fraction of sp³-hybridized carbons (Fsp3) is 0.261. The first-order valence-electron chi connectivity index (χ1n) is 9.92. The number of carbonyl (C=O) groups excluding carboxylic acids is 2. The van der Waals surface area contributed by atoms with Crippen molar-refractivity contribution in [3.63, 3.8) is 0 Å². The molecule has 0 bridgehead atoms. The van der Waals surface area contributed by atoms with Crippen molar-refractivity contribution in [1.82, 2.24) is 15.2 Å². The third-order valence-electron chi connectivity index (χ3n) is 4.25. The summed E-state index contributed by atoms with van der Waals surface area (Å²) in [5.41, 5.74) is 1.35. The summed E-state index contributed by atoms with van der Waals surface area (Å²) in [7, 11) is 4.01. The second-order valence-electron chi connectivity index (χ2n) is 7.16. The molecule has 0 unspecified atom stereocenters. The lowest BCUT2D eigenvalue weighted by atomic mass is 10.2. The highest BCUT2D eigenvalue weighted by molar-refractivity contribution is 7.98. The number of carbonyl (C=O) groups is 2. The van der Waals surface area contributed by atoms with E-state index in [2.05, 4.69) is 20.5 Å². The summed E-state index contributed by atoms with van der Waals surface area (Å²) in [5, 5.41) is 5.67. The average Bonchev–Trinajstić information content (AvgIpc) is 3.20. The second kappa shape index (κ2) is 11.3. The Balaban J connectivity index is 1.42. The van der Waals surface area contributed by atoms with E-state index in [-0.39, 0.29) is 11.8 Å². The highest BCUT2D eigenvalue weighted by atomic mass is 32.2. The van der Waals surface area contributed by atoms with Crippen LogP contribution < -0.4 is 10.6 Å². The molecular weight excluding hydrogens is 412 g/mol. The van der Waals surface area contributed by atoms with Crippen LogP contribution in [0.4, 0.5) is 5.69 Å². The van der Waals surface area contributed by atoms with Crippen LogP contribution in [0.3, 0.4) is 0 Å². The molecule has 1 aromatic carbocycles. The Morgan fingerprint density at radius 2 is 1.87 bits per heavy atom. The van der Waals surface area contributed by atoms with E-state index >= 15 is 0 Å². The van der Waals surface area contributed by atoms with E-state index in [0.29, 0.717) is 23.5 Å². The number of furan rings is 1. The quantitative estimate of drug-likeness (QED) is 0.470. The SMILES string of the molecule is CN(C)Cc1ccc(CSCCNC(=O)c2cccc(NC(=O)c3ccccn3)c2)o1. The first-order valence-corrected chi connectivity index (χ1v) is 11.1. The maximum absolute atomic E-state index is 12.4. The van der Waals surface area contributed by atoms with Gasteiger partial charge < -0.3 is 20.0 Å². The summed E-state index contributed by atoms with van der Waals surface area (Å²) in [6.07, 6.45) is 1.56. The van der Waals surface area contributed by atoms with E-state index in [9.17, 15) is 9.59 Å². The number of amides is 2. The predicted octanol–water partition coefficient (Wildman–Crippen LogP) is 3.65. The van der Waals surface area contributed by atoms with Gasteiger partial charge in [0.2, 0.25) is 0 Å². The molecule has 0 aliphatic carbocycles. The van der Waals surface area contributed by atoms with E-state index < -0.39 is 0 Å². The number of anilines is 1. The molecule has 2 amide bonds. The molecule has 2 aromatic heterocycles. The first-order chi connectivity index (χ1) is 15.0. The van der Waals surface area contributed by atoms with Gasteiger partial charge >= 0.3 is 0 Å². The molecular formula is C23H26N4O3S. The van der Waals surface area contributed by atoms with Crippen molar-refractivity contribution in [3.8, 4) is 0 Å². The summed E-state index contributed by atoms with van der Waals surface area (Å²) >= 11 is 1.70. The van der Waals surface area contributed by atoms with Crippen LogP contribution in [0.15, 0.2) is 65.2 Å². The van der Waals surface area contributed by atoms with Crippen LogP contribution in [-0.2, 0) is 12.3 Å². The van der Waals surface area contributed by atoms with Gasteiger partial charge in [0.25, 0.3) is 11.8 Å². The van der Waals surface area contributed by atoms with Crippen LogP contribution in [-0.4, -0.2) is 48.1 Å². The van der Waals surface area contributed by atoms with Crippen molar-refractivity contribution in [3.05, 3.63) is 83.6 Å². The number of pyridine rings is 1. The Kier molecular flexibility index (Phi) is 8.26. The van der Waals surface area contributed by atoms with Crippen LogP contribution in [0.2, 0.25) is 0 Å². The molecule has 31 heavy (non-hydrogen) atoms. The van der Waals surface area contributed by atoms with Crippen molar-refractivity contribution >= 4 is 29.3 Å². The zero-order chi connectivity index (χ0) is 22.1. The molecule has 0 aliphatic rings. The molecule has 162 valence electrons. The molecule has 0 saturated carbocycles. The number of nitrogens with zero attached hydrogens (tertiary/aromatic N) is 2. The number of benzene rings is 1. The number of hydrogen-bond donors (Lipinski definition) is 2. The second-order valence-corrected chi connectivity index (χ2v) is 8.27. The van der Waals surface area contributed by atoms with E-state index in [1.165, 1.54) is 0 Å². The Labute approximate surface area is 186 Å². The summed E-state index contributed by atoms with van der Waals surface area (Å²) in [4.78, 5) is 30.7. The maximum Gasteiger partial charge on any atom is 0.274 e. The van der Waals surface area contributed by atoms with Crippen LogP contribution in [0.5, 0.6) is 0 Å². The standard InChI is InChI=1S/C23H26N4O3S/c1-27(2)15-19-9-10-20(30-19)16-31-13-12-25-22(28)17-6-5-7-18(14-17)26-23(29)21-8-3-4-11-24-21/h3-11,14H,12-13,15-16H2,1-2H3,(H,25,28)(H,26,29). The molecule has 0 aliphatic heterocycles. The molecule has 0 radical (unpaired) electrons. The third kappa shape index (κ3) is 7.27. The van der Waals surface area contributed by atoms with Gasteiger partial charge in [-0.3, -0.25) is 14.6 Å². The van der Waals surface area contributed by atoms with Crippen molar-refractivity contribution in [1.29, 1.82) is 0 Å².